The van der Waals surface area contributed by atoms with Crippen LogP contribution in [0, 0.1) is 5.92 Å². The highest BCUT2D eigenvalue weighted by Crippen LogP contribution is 2.30. The molecular weight excluding hydrogens is 226 g/mol. The maximum Gasteiger partial charge on any atom is 0.323 e. The summed E-state index contributed by atoms with van der Waals surface area (Å²) in [6.45, 7) is 6.70. The molecule has 0 amide bonds. The summed E-state index contributed by atoms with van der Waals surface area (Å²) in [6.07, 6.45) is 7.21. The Bertz CT molecular complexity index is 247. The molecule has 0 heterocycles. The Kier molecular flexibility index (Phi) is 6.69. The number of carbonyl (C=O) groups excluding carboxylic acids is 1. The highest BCUT2D eigenvalue weighted by Gasteiger charge is 2.30. The van der Waals surface area contributed by atoms with E-state index in [4.69, 9.17) is 4.74 Å². The molecule has 0 saturated heterocycles. The summed E-state index contributed by atoms with van der Waals surface area (Å²) in [6, 6.07) is 0.496. The zero-order valence-electron chi connectivity index (χ0n) is 12.4. The molecule has 1 unspecified atom stereocenters. The van der Waals surface area contributed by atoms with Crippen LogP contribution >= 0.6 is 0 Å². The predicted octanol–water partition coefficient (Wildman–Crippen LogP) is 3.23. The Morgan fingerprint density at radius 1 is 1.22 bits per heavy atom. The molecule has 1 aliphatic carbocycles. The van der Waals surface area contributed by atoms with E-state index in [2.05, 4.69) is 25.8 Å². The second-order valence-electron chi connectivity index (χ2n) is 5.42. The summed E-state index contributed by atoms with van der Waals surface area (Å²) in [5, 5.41) is 0. The van der Waals surface area contributed by atoms with Crippen molar-refractivity contribution in [3.8, 4) is 0 Å². The third-order valence-corrected chi connectivity index (χ3v) is 4.41. The van der Waals surface area contributed by atoms with Gasteiger partial charge in [0, 0.05) is 6.04 Å². The van der Waals surface area contributed by atoms with Crippen LogP contribution in [0.4, 0.5) is 0 Å². The minimum Gasteiger partial charge on any atom is -0.465 e. The van der Waals surface area contributed by atoms with Gasteiger partial charge in [-0.15, -0.1) is 0 Å². The Morgan fingerprint density at radius 2 is 1.83 bits per heavy atom. The van der Waals surface area contributed by atoms with Gasteiger partial charge in [0.15, 0.2) is 0 Å². The number of nitrogens with zero attached hydrogens (tertiary/aromatic N) is 1. The van der Waals surface area contributed by atoms with Gasteiger partial charge in [0.05, 0.1) is 6.61 Å². The molecule has 0 aliphatic heterocycles. The quantitative estimate of drug-likeness (QED) is 0.682. The van der Waals surface area contributed by atoms with E-state index >= 15 is 0 Å². The molecular formula is C15H29NO2. The van der Waals surface area contributed by atoms with Crippen LogP contribution in [0.2, 0.25) is 0 Å². The van der Waals surface area contributed by atoms with Gasteiger partial charge in [-0.3, -0.25) is 9.69 Å². The zero-order valence-corrected chi connectivity index (χ0v) is 12.4. The van der Waals surface area contributed by atoms with Crippen molar-refractivity contribution < 1.29 is 9.53 Å². The van der Waals surface area contributed by atoms with Gasteiger partial charge in [-0.2, -0.15) is 0 Å². The van der Waals surface area contributed by atoms with Crippen LogP contribution < -0.4 is 0 Å². The van der Waals surface area contributed by atoms with Crippen molar-refractivity contribution >= 4 is 5.97 Å². The van der Waals surface area contributed by atoms with E-state index in [-0.39, 0.29) is 12.0 Å². The molecule has 106 valence electrons. The Labute approximate surface area is 112 Å². The Hall–Kier alpha value is -0.570. The summed E-state index contributed by atoms with van der Waals surface area (Å²) >= 11 is 0. The standard InChI is InChI=1S/C15H29NO2/c1-5-12-8-10-13(11-9-12)16(4)14(6-2)15(17)18-7-3/h12-14H,5-11H2,1-4H3. The number of carbonyl (C=O) groups is 1. The lowest BCUT2D eigenvalue weighted by Crippen LogP contribution is -2.46. The number of hydrogen-bond donors (Lipinski definition) is 0. The summed E-state index contributed by atoms with van der Waals surface area (Å²) in [5.74, 6) is 0.845. The smallest absolute Gasteiger partial charge is 0.323 e. The van der Waals surface area contributed by atoms with E-state index in [1.165, 1.54) is 32.1 Å². The van der Waals surface area contributed by atoms with Crippen LogP contribution in [0.5, 0.6) is 0 Å². The summed E-state index contributed by atoms with van der Waals surface area (Å²) in [5.41, 5.74) is 0. The lowest BCUT2D eigenvalue weighted by Gasteiger charge is -2.37. The van der Waals surface area contributed by atoms with Gasteiger partial charge in [-0.25, -0.2) is 0 Å². The fourth-order valence-electron chi connectivity index (χ4n) is 3.07. The van der Waals surface area contributed by atoms with Gasteiger partial charge in [0.2, 0.25) is 0 Å². The highest BCUT2D eigenvalue weighted by molar-refractivity contribution is 5.75. The Morgan fingerprint density at radius 3 is 2.28 bits per heavy atom. The number of hydrogen-bond acceptors (Lipinski definition) is 3. The van der Waals surface area contributed by atoms with E-state index in [1.54, 1.807) is 0 Å². The molecule has 0 radical (unpaired) electrons. The normalized spacial score (nSPS) is 26.1. The number of rotatable bonds is 6. The summed E-state index contributed by atoms with van der Waals surface area (Å²) in [7, 11) is 2.09. The lowest BCUT2D eigenvalue weighted by molar-refractivity contribution is -0.150. The van der Waals surface area contributed by atoms with Crippen molar-refractivity contribution in [1.82, 2.24) is 4.90 Å². The fourth-order valence-corrected chi connectivity index (χ4v) is 3.07. The molecule has 0 N–H and O–H groups in total. The van der Waals surface area contributed by atoms with Crippen molar-refractivity contribution in [3.05, 3.63) is 0 Å². The third kappa shape index (κ3) is 3.98. The van der Waals surface area contributed by atoms with Gasteiger partial charge in [0.25, 0.3) is 0 Å². The topological polar surface area (TPSA) is 29.5 Å². The van der Waals surface area contributed by atoms with Crippen molar-refractivity contribution in [2.75, 3.05) is 13.7 Å². The number of likely N-dealkylation sites (N-methyl/N-ethyl adjacent to an activating group) is 1. The summed E-state index contributed by atoms with van der Waals surface area (Å²) in [4.78, 5) is 14.2. The van der Waals surface area contributed by atoms with Crippen LogP contribution in [0.15, 0.2) is 0 Å². The fraction of sp³-hybridized carbons (Fsp3) is 0.933. The van der Waals surface area contributed by atoms with Crippen molar-refractivity contribution in [1.29, 1.82) is 0 Å². The molecule has 0 aromatic rings. The van der Waals surface area contributed by atoms with Gasteiger partial charge in [-0.1, -0.05) is 20.3 Å². The van der Waals surface area contributed by atoms with Crippen molar-refractivity contribution in [2.24, 2.45) is 5.92 Å². The second-order valence-corrected chi connectivity index (χ2v) is 5.42. The highest BCUT2D eigenvalue weighted by atomic mass is 16.5. The molecule has 18 heavy (non-hydrogen) atoms. The van der Waals surface area contributed by atoms with E-state index in [0.29, 0.717) is 12.6 Å². The first kappa shape index (κ1) is 15.5. The van der Waals surface area contributed by atoms with Gasteiger partial charge >= 0.3 is 5.97 Å². The number of esters is 1. The van der Waals surface area contributed by atoms with Gasteiger partial charge in [-0.05, 0) is 52.0 Å². The molecule has 0 bridgehead atoms. The Balaban J connectivity index is 2.51. The van der Waals surface area contributed by atoms with Gasteiger partial charge < -0.3 is 4.74 Å². The predicted molar refractivity (Wildman–Crippen MR) is 74.5 cm³/mol. The van der Waals surface area contributed by atoms with Crippen LogP contribution in [0.1, 0.15) is 59.3 Å². The third-order valence-electron chi connectivity index (χ3n) is 4.41. The van der Waals surface area contributed by atoms with Crippen molar-refractivity contribution in [3.63, 3.8) is 0 Å². The molecule has 1 aliphatic rings. The van der Waals surface area contributed by atoms with Crippen LogP contribution in [-0.4, -0.2) is 36.6 Å². The minimum absolute atomic E-state index is 0.0554. The molecule has 1 rings (SSSR count). The molecule has 0 aromatic carbocycles. The van der Waals surface area contributed by atoms with E-state index in [1.807, 2.05) is 6.92 Å². The lowest BCUT2D eigenvalue weighted by atomic mass is 9.83. The maximum absolute atomic E-state index is 11.9. The van der Waals surface area contributed by atoms with Crippen LogP contribution in [-0.2, 0) is 9.53 Å². The number of ether oxygens (including phenoxy) is 1. The molecule has 1 atom stereocenters. The van der Waals surface area contributed by atoms with E-state index < -0.39 is 0 Å². The second kappa shape index (κ2) is 7.78. The minimum atomic E-state index is -0.0619. The van der Waals surface area contributed by atoms with E-state index in [9.17, 15) is 4.79 Å². The SMILES string of the molecule is CCOC(=O)C(CC)N(C)C1CCC(CC)CC1. The first-order valence-corrected chi connectivity index (χ1v) is 7.52. The van der Waals surface area contributed by atoms with Crippen molar-refractivity contribution in [2.45, 2.75) is 71.4 Å². The first-order valence-electron chi connectivity index (χ1n) is 7.52. The molecule has 0 spiro atoms. The molecule has 0 aromatic heterocycles. The molecule has 3 nitrogen and oxygen atoms in total. The van der Waals surface area contributed by atoms with E-state index in [0.717, 1.165) is 12.3 Å². The van der Waals surface area contributed by atoms with Crippen LogP contribution in [0.25, 0.3) is 0 Å². The molecule has 1 fully saturated rings. The average Bonchev–Trinajstić information content (AvgIpc) is 2.40. The average molecular weight is 255 g/mol. The zero-order chi connectivity index (χ0) is 13.5. The van der Waals surface area contributed by atoms with Gasteiger partial charge in [0.1, 0.15) is 6.04 Å². The largest absolute Gasteiger partial charge is 0.465 e. The molecule has 3 heteroatoms. The maximum atomic E-state index is 11.9. The summed E-state index contributed by atoms with van der Waals surface area (Å²) < 4.78 is 5.17. The first-order chi connectivity index (χ1) is 8.63. The monoisotopic (exact) mass is 255 g/mol. The molecule has 1 saturated carbocycles. The van der Waals surface area contributed by atoms with Crippen LogP contribution in [0.3, 0.4) is 0 Å².